The largest absolute Gasteiger partial charge is 0.490 e. The number of benzene rings is 1. The maximum Gasteiger partial charge on any atom is 0.206 e. The summed E-state index contributed by atoms with van der Waals surface area (Å²) in [5, 5.41) is 12.0. The summed E-state index contributed by atoms with van der Waals surface area (Å²) in [7, 11) is 0. The van der Waals surface area contributed by atoms with Crippen molar-refractivity contribution >= 4 is 34.0 Å². The molecule has 0 fully saturated rings. The lowest BCUT2D eigenvalue weighted by atomic mass is 10.1. The van der Waals surface area contributed by atoms with Gasteiger partial charge in [0.05, 0.1) is 31.8 Å². The summed E-state index contributed by atoms with van der Waals surface area (Å²) < 4.78 is 17.2. The second-order valence-electron chi connectivity index (χ2n) is 5.73. The highest BCUT2D eigenvalue weighted by atomic mass is 32.2. The minimum absolute atomic E-state index is 0.0101. The highest BCUT2D eigenvalue weighted by Gasteiger charge is 2.15. The van der Waals surface area contributed by atoms with Crippen molar-refractivity contribution in [1.82, 2.24) is 10.2 Å². The number of thioether (sulfide) groups is 1. The van der Waals surface area contributed by atoms with Crippen molar-refractivity contribution in [1.29, 1.82) is 0 Å². The molecule has 0 bridgehead atoms. The van der Waals surface area contributed by atoms with Crippen LogP contribution in [0.1, 0.15) is 22.5 Å². The molecule has 0 saturated heterocycles. The van der Waals surface area contributed by atoms with Crippen LogP contribution in [0.4, 0.5) is 5.13 Å². The Labute approximate surface area is 164 Å². The van der Waals surface area contributed by atoms with Crippen molar-refractivity contribution in [3.05, 3.63) is 47.9 Å². The number of ether oxygens (including phenoxy) is 2. The van der Waals surface area contributed by atoms with Crippen LogP contribution < -0.4 is 14.8 Å². The molecule has 1 N–H and O–H groups in total. The third-order valence-electron chi connectivity index (χ3n) is 3.80. The molecular weight excluding hydrogens is 386 g/mol. The van der Waals surface area contributed by atoms with Gasteiger partial charge in [-0.2, -0.15) is 0 Å². The number of hydrogen-bond donors (Lipinski definition) is 1. The van der Waals surface area contributed by atoms with Gasteiger partial charge in [-0.1, -0.05) is 23.1 Å². The number of ketones is 1. The first kappa shape index (κ1) is 17.9. The molecule has 140 valence electrons. The van der Waals surface area contributed by atoms with Gasteiger partial charge in [-0.15, -0.1) is 10.2 Å². The predicted octanol–water partition coefficient (Wildman–Crippen LogP) is 3.88. The topological polar surface area (TPSA) is 86.5 Å². The van der Waals surface area contributed by atoms with Crippen molar-refractivity contribution in [3.63, 3.8) is 0 Å². The molecule has 3 heterocycles. The smallest absolute Gasteiger partial charge is 0.206 e. The van der Waals surface area contributed by atoms with Crippen molar-refractivity contribution in [2.75, 3.05) is 24.3 Å². The van der Waals surface area contributed by atoms with Crippen LogP contribution in [0.3, 0.4) is 0 Å². The molecule has 1 aliphatic heterocycles. The molecule has 27 heavy (non-hydrogen) atoms. The predicted molar refractivity (Wildman–Crippen MR) is 103 cm³/mol. The highest BCUT2D eigenvalue weighted by molar-refractivity contribution is 8.01. The average Bonchev–Trinajstić information content (AvgIpc) is 3.31. The van der Waals surface area contributed by atoms with Gasteiger partial charge in [0, 0.05) is 12.0 Å². The second-order valence-corrected chi connectivity index (χ2v) is 7.93. The fraction of sp³-hybridized carbons (Fsp3) is 0.278. The molecule has 0 spiro atoms. The van der Waals surface area contributed by atoms with Gasteiger partial charge in [-0.3, -0.25) is 4.79 Å². The molecule has 0 radical (unpaired) electrons. The van der Waals surface area contributed by atoms with E-state index in [1.165, 1.54) is 23.1 Å². The molecular formula is C18H17N3O4S2. The summed E-state index contributed by atoms with van der Waals surface area (Å²) in [6.45, 7) is 1.77. The van der Waals surface area contributed by atoms with E-state index in [9.17, 15) is 4.79 Å². The van der Waals surface area contributed by atoms with E-state index in [1.807, 2.05) is 12.1 Å². The zero-order chi connectivity index (χ0) is 18.5. The lowest BCUT2D eigenvalue weighted by molar-refractivity contribution is 0.102. The summed E-state index contributed by atoms with van der Waals surface area (Å²) in [6, 6.07) is 9.04. The van der Waals surface area contributed by atoms with E-state index in [1.54, 1.807) is 24.5 Å². The number of aromatic nitrogens is 2. The first-order valence-electron chi connectivity index (χ1n) is 8.43. The fourth-order valence-corrected chi connectivity index (χ4v) is 4.10. The Balaban J connectivity index is 1.32. The minimum atomic E-state index is 0.0101. The number of anilines is 1. The molecule has 0 atom stereocenters. The van der Waals surface area contributed by atoms with Gasteiger partial charge in [0.25, 0.3) is 0 Å². The molecule has 0 unspecified atom stereocenters. The van der Waals surface area contributed by atoms with E-state index in [2.05, 4.69) is 15.5 Å². The first-order valence-corrected chi connectivity index (χ1v) is 10.2. The maximum absolute atomic E-state index is 12.5. The second kappa shape index (κ2) is 8.45. The number of furan rings is 1. The van der Waals surface area contributed by atoms with Gasteiger partial charge in [-0.25, -0.2) is 0 Å². The number of carbonyl (C=O) groups excluding carboxylic acids is 1. The maximum atomic E-state index is 12.5. The van der Waals surface area contributed by atoms with Crippen LogP contribution in [0.5, 0.6) is 11.5 Å². The number of hydrogen-bond acceptors (Lipinski definition) is 9. The van der Waals surface area contributed by atoms with Crippen LogP contribution in [0, 0.1) is 0 Å². The van der Waals surface area contributed by atoms with E-state index in [0.717, 1.165) is 16.5 Å². The summed E-state index contributed by atoms with van der Waals surface area (Å²) in [5.41, 5.74) is 0.604. The number of Topliss-reactive ketones (excluding diaryl/α,β-unsaturated/α-hetero) is 1. The molecule has 0 saturated carbocycles. The number of rotatable bonds is 7. The van der Waals surface area contributed by atoms with Crippen LogP contribution in [-0.2, 0) is 6.54 Å². The monoisotopic (exact) mass is 403 g/mol. The third-order valence-corrected chi connectivity index (χ3v) is 5.81. The van der Waals surface area contributed by atoms with Crippen molar-refractivity contribution in [2.24, 2.45) is 0 Å². The lowest BCUT2D eigenvalue weighted by Crippen LogP contribution is -2.03. The van der Waals surface area contributed by atoms with Gasteiger partial charge >= 0.3 is 0 Å². The van der Waals surface area contributed by atoms with Gasteiger partial charge in [0.1, 0.15) is 5.76 Å². The Kier molecular flexibility index (Phi) is 5.59. The van der Waals surface area contributed by atoms with Crippen molar-refractivity contribution < 1.29 is 18.7 Å². The molecule has 4 rings (SSSR count). The van der Waals surface area contributed by atoms with Gasteiger partial charge in [0.15, 0.2) is 21.6 Å². The Morgan fingerprint density at radius 3 is 2.93 bits per heavy atom. The van der Waals surface area contributed by atoms with E-state index in [-0.39, 0.29) is 11.5 Å². The molecule has 0 aliphatic carbocycles. The Bertz CT molecular complexity index is 911. The summed E-state index contributed by atoms with van der Waals surface area (Å²) in [5.74, 6) is 2.43. The van der Waals surface area contributed by atoms with Gasteiger partial charge in [0.2, 0.25) is 5.13 Å². The van der Waals surface area contributed by atoms with Crippen LogP contribution >= 0.6 is 23.1 Å². The third kappa shape index (κ3) is 4.61. The molecule has 9 heteroatoms. The fourth-order valence-electron chi connectivity index (χ4n) is 2.46. The van der Waals surface area contributed by atoms with E-state index in [4.69, 9.17) is 13.9 Å². The van der Waals surface area contributed by atoms with Crippen LogP contribution in [0.25, 0.3) is 0 Å². The number of fused-ring (bicyclic) bond motifs is 1. The van der Waals surface area contributed by atoms with E-state index in [0.29, 0.717) is 42.0 Å². The lowest BCUT2D eigenvalue weighted by Gasteiger charge is -2.08. The average molecular weight is 403 g/mol. The number of nitrogens with zero attached hydrogens (tertiary/aromatic N) is 2. The highest BCUT2D eigenvalue weighted by Crippen LogP contribution is 2.32. The Morgan fingerprint density at radius 2 is 2.07 bits per heavy atom. The van der Waals surface area contributed by atoms with E-state index < -0.39 is 0 Å². The zero-order valence-corrected chi connectivity index (χ0v) is 16.0. The SMILES string of the molecule is O=C(CSc1nnc(NCc2ccco2)s1)c1ccc2c(c1)OCCCO2. The van der Waals surface area contributed by atoms with Gasteiger partial charge in [-0.05, 0) is 30.3 Å². The summed E-state index contributed by atoms with van der Waals surface area (Å²) in [4.78, 5) is 12.5. The standard InChI is InChI=1S/C18H17N3O4S2/c22-14(12-4-5-15-16(9-12)25-8-2-7-24-15)11-26-18-21-20-17(27-18)19-10-13-3-1-6-23-13/h1,3-6,9H,2,7-8,10-11H2,(H,19,20). The molecule has 2 aromatic heterocycles. The first-order chi connectivity index (χ1) is 13.3. The molecule has 1 aliphatic rings. The Hall–Kier alpha value is -2.52. The molecule has 3 aromatic rings. The Morgan fingerprint density at radius 1 is 1.19 bits per heavy atom. The van der Waals surface area contributed by atoms with Crippen LogP contribution in [0.2, 0.25) is 0 Å². The summed E-state index contributed by atoms with van der Waals surface area (Å²) >= 11 is 2.78. The molecule has 0 amide bonds. The van der Waals surface area contributed by atoms with E-state index >= 15 is 0 Å². The van der Waals surface area contributed by atoms with Gasteiger partial charge < -0.3 is 19.2 Å². The van der Waals surface area contributed by atoms with Crippen LogP contribution in [-0.4, -0.2) is 34.9 Å². The summed E-state index contributed by atoms with van der Waals surface area (Å²) in [6.07, 6.45) is 2.46. The van der Waals surface area contributed by atoms with Crippen molar-refractivity contribution in [2.45, 2.75) is 17.3 Å². The molecule has 1 aromatic carbocycles. The normalized spacial score (nSPS) is 13.2. The zero-order valence-electron chi connectivity index (χ0n) is 14.3. The quantitative estimate of drug-likeness (QED) is 0.470. The molecule has 7 nitrogen and oxygen atoms in total. The minimum Gasteiger partial charge on any atom is -0.490 e. The van der Waals surface area contributed by atoms with Crippen molar-refractivity contribution in [3.8, 4) is 11.5 Å². The number of carbonyl (C=O) groups is 1. The number of nitrogens with one attached hydrogen (secondary N) is 1. The van der Waals surface area contributed by atoms with Crippen LogP contribution in [0.15, 0.2) is 45.4 Å².